The summed E-state index contributed by atoms with van der Waals surface area (Å²) >= 11 is 1.57. The van der Waals surface area contributed by atoms with Crippen molar-refractivity contribution in [3.05, 3.63) is 29.3 Å². The zero-order chi connectivity index (χ0) is 14.3. The van der Waals surface area contributed by atoms with Crippen LogP contribution in [0, 0.1) is 11.3 Å². The molecule has 0 radical (unpaired) electrons. The second-order valence-electron chi connectivity index (χ2n) is 3.92. The Kier molecular flexibility index (Phi) is 6.19. The highest BCUT2D eigenvalue weighted by Gasteiger charge is 2.11. The maximum Gasteiger partial charge on any atom is 0.320 e. The van der Waals surface area contributed by atoms with Crippen molar-refractivity contribution in [2.75, 3.05) is 12.9 Å². The molecule has 5 nitrogen and oxygen atoms in total. The van der Waals surface area contributed by atoms with Crippen molar-refractivity contribution in [2.45, 2.75) is 18.2 Å². The maximum absolute atomic E-state index is 10.6. The summed E-state index contributed by atoms with van der Waals surface area (Å²) in [6.45, 7) is 0. The molecule has 0 aliphatic carbocycles. The Morgan fingerprint density at radius 1 is 1.63 bits per heavy atom. The Labute approximate surface area is 116 Å². The molecule has 0 aliphatic rings. The fourth-order valence-electron chi connectivity index (χ4n) is 1.48. The van der Waals surface area contributed by atoms with Gasteiger partial charge in [-0.25, -0.2) is 0 Å². The van der Waals surface area contributed by atoms with Gasteiger partial charge in [-0.3, -0.25) is 4.79 Å². The SMILES string of the molecule is COc1ccc(C#N)cc1CSCCC(N)C(=O)O. The summed E-state index contributed by atoms with van der Waals surface area (Å²) in [7, 11) is 1.58. The first-order chi connectivity index (χ1) is 9.08. The summed E-state index contributed by atoms with van der Waals surface area (Å²) in [4.78, 5) is 10.6. The molecule has 1 atom stereocenters. The van der Waals surface area contributed by atoms with E-state index < -0.39 is 12.0 Å². The topological polar surface area (TPSA) is 96.3 Å². The maximum atomic E-state index is 10.6. The van der Waals surface area contributed by atoms with Crippen molar-refractivity contribution in [1.82, 2.24) is 0 Å². The van der Waals surface area contributed by atoms with E-state index in [0.29, 0.717) is 23.5 Å². The third-order valence-corrected chi connectivity index (χ3v) is 3.60. The lowest BCUT2D eigenvalue weighted by atomic mass is 10.1. The van der Waals surface area contributed by atoms with Gasteiger partial charge < -0.3 is 15.6 Å². The Balaban J connectivity index is 2.53. The number of methoxy groups -OCH3 is 1. The number of hydrogen-bond donors (Lipinski definition) is 2. The molecule has 102 valence electrons. The van der Waals surface area contributed by atoms with E-state index in [2.05, 4.69) is 6.07 Å². The van der Waals surface area contributed by atoms with E-state index in [4.69, 9.17) is 20.8 Å². The molecule has 6 heteroatoms. The van der Waals surface area contributed by atoms with E-state index >= 15 is 0 Å². The molecule has 3 N–H and O–H groups in total. The lowest BCUT2D eigenvalue weighted by Crippen LogP contribution is -2.30. The largest absolute Gasteiger partial charge is 0.496 e. The normalized spacial score (nSPS) is 11.6. The molecular formula is C13H16N2O3S. The minimum absolute atomic E-state index is 0.417. The average molecular weight is 280 g/mol. The predicted octanol–water partition coefficient (Wildman–Crippen LogP) is 1.60. The van der Waals surface area contributed by atoms with E-state index in [1.165, 1.54) is 0 Å². The summed E-state index contributed by atoms with van der Waals surface area (Å²) in [5, 5.41) is 17.5. The summed E-state index contributed by atoms with van der Waals surface area (Å²) < 4.78 is 5.22. The van der Waals surface area contributed by atoms with Gasteiger partial charge in [0.2, 0.25) is 0 Å². The molecule has 0 bridgehead atoms. The van der Waals surface area contributed by atoms with Crippen LogP contribution in [-0.2, 0) is 10.5 Å². The van der Waals surface area contributed by atoms with E-state index in [1.807, 2.05) is 0 Å². The number of hydrogen-bond acceptors (Lipinski definition) is 5. The number of nitrogens with zero attached hydrogens (tertiary/aromatic N) is 1. The first-order valence-electron chi connectivity index (χ1n) is 5.71. The molecule has 0 saturated heterocycles. The van der Waals surface area contributed by atoms with Crippen molar-refractivity contribution < 1.29 is 14.6 Å². The highest BCUT2D eigenvalue weighted by molar-refractivity contribution is 7.98. The van der Waals surface area contributed by atoms with Crippen molar-refractivity contribution in [3.63, 3.8) is 0 Å². The Hall–Kier alpha value is -1.71. The number of aliphatic carboxylic acids is 1. The zero-order valence-electron chi connectivity index (χ0n) is 10.6. The van der Waals surface area contributed by atoms with Crippen LogP contribution in [0.5, 0.6) is 5.75 Å². The molecule has 1 aromatic carbocycles. The van der Waals surface area contributed by atoms with Crippen molar-refractivity contribution in [3.8, 4) is 11.8 Å². The fraction of sp³-hybridized carbons (Fsp3) is 0.385. The highest BCUT2D eigenvalue weighted by Crippen LogP contribution is 2.24. The van der Waals surface area contributed by atoms with Gasteiger partial charge in [-0.05, 0) is 30.4 Å². The van der Waals surface area contributed by atoms with Gasteiger partial charge in [0.15, 0.2) is 0 Å². The van der Waals surface area contributed by atoms with Crippen molar-refractivity contribution in [1.29, 1.82) is 5.26 Å². The van der Waals surface area contributed by atoms with E-state index in [0.717, 1.165) is 11.3 Å². The van der Waals surface area contributed by atoms with Crippen LogP contribution in [-0.4, -0.2) is 30.0 Å². The number of ether oxygens (including phenoxy) is 1. The first-order valence-corrected chi connectivity index (χ1v) is 6.87. The van der Waals surface area contributed by atoms with Crippen LogP contribution < -0.4 is 10.5 Å². The second kappa shape index (κ2) is 7.67. The standard InChI is InChI=1S/C13H16N2O3S/c1-18-12-3-2-9(7-14)6-10(12)8-19-5-4-11(15)13(16)17/h2-3,6,11H,4-5,8,15H2,1H3,(H,16,17). The van der Waals surface area contributed by atoms with Crippen LogP contribution >= 0.6 is 11.8 Å². The van der Waals surface area contributed by atoms with Crippen LogP contribution in [0.4, 0.5) is 0 Å². The van der Waals surface area contributed by atoms with Gasteiger partial charge in [-0.1, -0.05) is 0 Å². The van der Waals surface area contributed by atoms with Crippen LogP contribution in [0.1, 0.15) is 17.5 Å². The van der Waals surface area contributed by atoms with E-state index in [1.54, 1.807) is 37.1 Å². The van der Waals surface area contributed by atoms with Gasteiger partial charge in [0.05, 0.1) is 18.7 Å². The quantitative estimate of drug-likeness (QED) is 0.736. The minimum Gasteiger partial charge on any atom is -0.496 e. The van der Waals surface area contributed by atoms with Gasteiger partial charge in [-0.2, -0.15) is 17.0 Å². The summed E-state index contributed by atoms with van der Waals surface area (Å²) in [5.74, 6) is 1.05. The van der Waals surface area contributed by atoms with Crippen molar-refractivity contribution in [2.24, 2.45) is 5.73 Å². The molecule has 0 spiro atoms. The number of nitriles is 1. The molecule has 0 saturated carbocycles. The number of carboxylic acids is 1. The summed E-state index contributed by atoms with van der Waals surface area (Å²) in [5.41, 5.74) is 6.93. The number of rotatable bonds is 7. The molecule has 0 amide bonds. The molecule has 0 aromatic heterocycles. The van der Waals surface area contributed by atoms with Gasteiger partial charge in [0.1, 0.15) is 11.8 Å². The predicted molar refractivity (Wildman–Crippen MR) is 74.1 cm³/mol. The number of nitrogens with two attached hydrogens (primary N) is 1. The number of thioether (sulfide) groups is 1. The molecule has 1 rings (SSSR count). The molecule has 1 aromatic rings. The number of benzene rings is 1. The summed E-state index contributed by atoms with van der Waals surface area (Å²) in [6, 6.07) is 6.50. The molecule has 0 heterocycles. The number of carboxylic acid groups (broad SMARTS) is 1. The second-order valence-corrected chi connectivity index (χ2v) is 5.03. The van der Waals surface area contributed by atoms with E-state index in [9.17, 15) is 4.79 Å². The monoisotopic (exact) mass is 280 g/mol. The molecule has 0 fully saturated rings. The van der Waals surface area contributed by atoms with Crippen LogP contribution in [0.3, 0.4) is 0 Å². The minimum atomic E-state index is -0.982. The van der Waals surface area contributed by atoms with Crippen LogP contribution in [0.2, 0.25) is 0 Å². The smallest absolute Gasteiger partial charge is 0.320 e. The third kappa shape index (κ3) is 4.81. The molecule has 0 aliphatic heterocycles. The first kappa shape index (κ1) is 15.3. The van der Waals surface area contributed by atoms with Crippen LogP contribution in [0.25, 0.3) is 0 Å². The van der Waals surface area contributed by atoms with Gasteiger partial charge in [0.25, 0.3) is 0 Å². The van der Waals surface area contributed by atoms with Gasteiger partial charge >= 0.3 is 5.97 Å². The molecular weight excluding hydrogens is 264 g/mol. The Morgan fingerprint density at radius 3 is 2.95 bits per heavy atom. The fourth-order valence-corrected chi connectivity index (χ4v) is 2.49. The van der Waals surface area contributed by atoms with E-state index in [-0.39, 0.29) is 0 Å². The lowest BCUT2D eigenvalue weighted by Gasteiger charge is -2.09. The zero-order valence-corrected chi connectivity index (χ0v) is 11.4. The van der Waals surface area contributed by atoms with Gasteiger partial charge in [0, 0.05) is 11.3 Å². The Bertz CT molecular complexity index is 485. The van der Waals surface area contributed by atoms with Crippen molar-refractivity contribution >= 4 is 17.7 Å². The lowest BCUT2D eigenvalue weighted by molar-refractivity contribution is -0.138. The third-order valence-electron chi connectivity index (χ3n) is 2.56. The Morgan fingerprint density at radius 2 is 2.37 bits per heavy atom. The molecule has 1 unspecified atom stereocenters. The van der Waals surface area contributed by atoms with Crippen LogP contribution in [0.15, 0.2) is 18.2 Å². The average Bonchev–Trinajstić information content (AvgIpc) is 2.42. The molecule has 19 heavy (non-hydrogen) atoms. The van der Waals surface area contributed by atoms with Gasteiger partial charge in [-0.15, -0.1) is 0 Å². The highest BCUT2D eigenvalue weighted by atomic mass is 32.2. The summed E-state index contributed by atoms with van der Waals surface area (Å²) in [6.07, 6.45) is 0.417. The number of carbonyl (C=O) groups is 1.